The van der Waals surface area contributed by atoms with E-state index in [1.54, 1.807) is 12.3 Å². The quantitative estimate of drug-likeness (QED) is 0.876. The molecule has 1 aromatic rings. The first-order chi connectivity index (χ1) is 10.6. The lowest BCUT2D eigenvalue weighted by molar-refractivity contribution is 0.0674. The first kappa shape index (κ1) is 16.7. The van der Waals surface area contributed by atoms with Gasteiger partial charge in [-0.05, 0) is 64.8 Å². The minimum atomic E-state index is -0.0108. The fourth-order valence-corrected chi connectivity index (χ4v) is 2.82. The van der Waals surface area contributed by atoms with Gasteiger partial charge in [-0.25, -0.2) is 4.98 Å². The number of ether oxygens (including phenoxy) is 1. The van der Waals surface area contributed by atoms with E-state index in [9.17, 15) is 4.79 Å². The molecule has 1 aromatic heterocycles. The summed E-state index contributed by atoms with van der Waals surface area (Å²) < 4.78 is 5.71. The van der Waals surface area contributed by atoms with E-state index in [1.807, 2.05) is 31.9 Å². The van der Waals surface area contributed by atoms with Crippen LogP contribution in [0, 0.1) is 5.92 Å². The van der Waals surface area contributed by atoms with Gasteiger partial charge in [0.05, 0.1) is 6.10 Å². The van der Waals surface area contributed by atoms with Gasteiger partial charge in [0.25, 0.3) is 5.91 Å². The maximum Gasteiger partial charge on any atom is 0.276 e. The van der Waals surface area contributed by atoms with Crippen LogP contribution < -0.4 is 10.1 Å². The Kier molecular flexibility index (Phi) is 6.19. The molecule has 22 heavy (non-hydrogen) atoms. The molecule has 0 aromatic carbocycles. The molecule has 5 nitrogen and oxygen atoms in total. The van der Waals surface area contributed by atoms with Crippen molar-refractivity contribution in [3.8, 4) is 5.75 Å². The smallest absolute Gasteiger partial charge is 0.276 e. The minimum Gasteiger partial charge on any atom is -0.489 e. The number of aromatic nitrogens is 1. The molecule has 1 aliphatic heterocycles. The molecule has 0 spiro atoms. The van der Waals surface area contributed by atoms with E-state index >= 15 is 0 Å². The predicted molar refractivity (Wildman–Crippen MR) is 87.2 cm³/mol. The largest absolute Gasteiger partial charge is 0.489 e. The van der Waals surface area contributed by atoms with Gasteiger partial charge in [-0.15, -0.1) is 0 Å². The van der Waals surface area contributed by atoms with Crippen LogP contribution in [-0.4, -0.2) is 48.6 Å². The molecule has 0 aliphatic carbocycles. The molecule has 5 heteroatoms. The molecule has 1 saturated heterocycles. The Labute approximate surface area is 133 Å². The Balaban J connectivity index is 1.98. The number of nitrogens with one attached hydrogen (secondary N) is 1. The second kappa shape index (κ2) is 8.13. The van der Waals surface area contributed by atoms with Crippen molar-refractivity contribution in [1.82, 2.24) is 15.2 Å². The van der Waals surface area contributed by atoms with Crippen LogP contribution in [0.4, 0.5) is 0 Å². The molecule has 0 unspecified atom stereocenters. The van der Waals surface area contributed by atoms with Crippen LogP contribution in [0.25, 0.3) is 0 Å². The normalized spacial score (nSPS) is 16.1. The number of nitrogens with zero attached hydrogens (tertiary/aromatic N) is 2. The number of hydrogen-bond acceptors (Lipinski definition) is 4. The molecule has 122 valence electrons. The zero-order valence-electron chi connectivity index (χ0n) is 13.8. The fraction of sp³-hybridized carbons (Fsp3) is 0.647. The average Bonchev–Trinajstić information content (AvgIpc) is 2.53. The predicted octanol–water partition coefficient (Wildman–Crippen LogP) is 2.33. The molecule has 1 fully saturated rings. The number of likely N-dealkylation sites (tertiary alicyclic amines) is 1. The lowest BCUT2D eigenvalue weighted by atomic mass is 9.93. The van der Waals surface area contributed by atoms with Gasteiger partial charge in [-0.2, -0.15) is 0 Å². The molecule has 0 saturated carbocycles. The van der Waals surface area contributed by atoms with Crippen LogP contribution in [0.3, 0.4) is 0 Å². The Morgan fingerprint density at radius 1 is 1.45 bits per heavy atom. The summed E-state index contributed by atoms with van der Waals surface area (Å²) in [6.07, 6.45) is 5.01. The van der Waals surface area contributed by atoms with Crippen molar-refractivity contribution in [1.29, 1.82) is 0 Å². The first-order valence-electron chi connectivity index (χ1n) is 8.17. The SMILES string of the molecule is CNCCC1CCN(C(=O)c2ncccc2OC(C)C)CC1. The molecule has 2 heterocycles. The third kappa shape index (κ3) is 4.44. The van der Waals surface area contributed by atoms with Crippen LogP contribution in [0.1, 0.15) is 43.6 Å². The molecule has 1 N–H and O–H groups in total. The Hall–Kier alpha value is -1.62. The second-order valence-electron chi connectivity index (χ2n) is 6.14. The standard InChI is InChI=1S/C17H27N3O2/c1-13(2)22-15-5-4-9-19-16(15)17(21)20-11-7-14(8-12-20)6-10-18-3/h4-5,9,13-14,18H,6-8,10-12H2,1-3H3. The summed E-state index contributed by atoms with van der Waals surface area (Å²) >= 11 is 0. The van der Waals surface area contributed by atoms with Crippen LogP contribution in [0.2, 0.25) is 0 Å². The maximum atomic E-state index is 12.7. The number of pyridine rings is 1. The van der Waals surface area contributed by atoms with Gasteiger partial charge in [-0.3, -0.25) is 4.79 Å². The summed E-state index contributed by atoms with van der Waals surface area (Å²) in [5.74, 6) is 1.29. The lowest BCUT2D eigenvalue weighted by Gasteiger charge is -2.32. The zero-order valence-corrected chi connectivity index (χ0v) is 13.8. The Bertz CT molecular complexity index is 483. The van der Waals surface area contributed by atoms with E-state index in [0.29, 0.717) is 17.4 Å². The number of amides is 1. The summed E-state index contributed by atoms with van der Waals surface area (Å²) in [5, 5.41) is 3.19. The topological polar surface area (TPSA) is 54.5 Å². The minimum absolute atomic E-state index is 0.0108. The summed E-state index contributed by atoms with van der Waals surface area (Å²) in [4.78, 5) is 18.9. The highest BCUT2D eigenvalue weighted by Crippen LogP contribution is 2.24. The molecule has 1 amide bonds. The van der Waals surface area contributed by atoms with Crippen molar-refractivity contribution < 1.29 is 9.53 Å². The third-order valence-corrected chi connectivity index (χ3v) is 4.04. The number of hydrogen-bond donors (Lipinski definition) is 1. The van der Waals surface area contributed by atoms with Crippen molar-refractivity contribution >= 4 is 5.91 Å². The molecule has 0 bridgehead atoms. The fourth-order valence-electron chi connectivity index (χ4n) is 2.82. The average molecular weight is 305 g/mol. The number of rotatable bonds is 6. The summed E-state index contributed by atoms with van der Waals surface area (Å²) in [6.45, 7) is 6.57. The van der Waals surface area contributed by atoms with Gasteiger partial charge in [0.15, 0.2) is 11.4 Å². The van der Waals surface area contributed by atoms with Crippen molar-refractivity contribution in [3.05, 3.63) is 24.0 Å². The Morgan fingerprint density at radius 3 is 2.82 bits per heavy atom. The van der Waals surface area contributed by atoms with Crippen LogP contribution >= 0.6 is 0 Å². The Morgan fingerprint density at radius 2 is 2.18 bits per heavy atom. The number of carbonyl (C=O) groups is 1. The van der Waals surface area contributed by atoms with E-state index in [4.69, 9.17) is 4.74 Å². The zero-order chi connectivity index (χ0) is 15.9. The van der Waals surface area contributed by atoms with Crippen LogP contribution in [-0.2, 0) is 0 Å². The van der Waals surface area contributed by atoms with Crippen molar-refractivity contribution in [3.63, 3.8) is 0 Å². The van der Waals surface area contributed by atoms with Crippen molar-refractivity contribution in [2.24, 2.45) is 5.92 Å². The van der Waals surface area contributed by atoms with Gasteiger partial charge in [-0.1, -0.05) is 0 Å². The van der Waals surface area contributed by atoms with Gasteiger partial charge in [0.1, 0.15) is 0 Å². The van der Waals surface area contributed by atoms with E-state index in [1.165, 1.54) is 6.42 Å². The van der Waals surface area contributed by atoms with Crippen LogP contribution in [0.5, 0.6) is 5.75 Å². The molecule has 1 aliphatic rings. The van der Waals surface area contributed by atoms with Gasteiger partial charge >= 0.3 is 0 Å². The summed E-state index contributed by atoms with van der Waals surface area (Å²) in [6, 6.07) is 3.62. The number of carbonyl (C=O) groups excluding carboxylic acids is 1. The maximum absolute atomic E-state index is 12.7. The molecule has 2 rings (SSSR count). The molecule has 0 atom stereocenters. The van der Waals surface area contributed by atoms with Gasteiger partial charge in [0.2, 0.25) is 0 Å². The van der Waals surface area contributed by atoms with Gasteiger partial charge in [0, 0.05) is 19.3 Å². The summed E-state index contributed by atoms with van der Waals surface area (Å²) in [7, 11) is 1.98. The van der Waals surface area contributed by atoms with E-state index in [-0.39, 0.29) is 12.0 Å². The molecular formula is C17H27N3O2. The monoisotopic (exact) mass is 305 g/mol. The number of piperidine rings is 1. The molecule has 0 radical (unpaired) electrons. The third-order valence-electron chi connectivity index (χ3n) is 4.04. The highest BCUT2D eigenvalue weighted by molar-refractivity contribution is 5.95. The highest BCUT2D eigenvalue weighted by atomic mass is 16.5. The van der Waals surface area contributed by atoms with E-state index < -0.39 is 0 Å². The van der Waals surface area contributed by atoms with E-state index in [0.717, 1.165) is 32.5 Å². The summed E-state index contributed by atoms with van der Waals surface area (Å²) in [5.41, 5.74) is 0.435. The lowest BCUT2D eigenvalue weighted by Crippen LogP contribution is -2.39. The second-order valence-corrected chi connectivity index (χ2v) is 6.14. The van der Waals surface area contributed by atoms with Crippen LogP contribution in [0.15, 0.2) is 18.3 Å². The van der Waals surface area contributed by atoms with Crippen molar-refractivity contribution in [2.45, 2.75) is 39.2 Å². The first-order valence-corrected chi connectivity index (χ1v) is 8.17. The molecular weight excluding hydrogens is 278 g/mol. The van der Waals surface area contributed by atoms with E-state index in [2.05, 4.69) is 10.3 Å². The highest BCUT2D eigenvalue weighted by Gasteiger charge is 2.26. The van der Waals surface area contributed by atoms with Gasteiger partial charge < -0.3 is 15.0 Å². The van der Waals surface area contributed by atoms with Crippen molar-refractivity contribution in [2.75, 3.05) is 26.7 Å².